The highest BCUT2D eigenvalue weighted by Gasteiger charge is 2.10. The summed E-state index contributed by atoms with van der Waals surface area (Å²) >= 11 is 0. The Hall–Kier alpha value is -2.50. The summed E-state index contributed by atoms with van der Waals surface area (Å²) in [6, 6.07) is 9.68. The Balaban J connectivity index is 1.91. The smallest absolute Gasteiger partial charge is 0.194 e. The molecule has 0 fully saturated rings. The van der Waals surface area contributed by atoms with Crippen LogP contribution >= 0.6 is 0 Å². The summed E-state index contributed by atoms with van der Waals surface area (Å²) in [5, 5.41) is 2.93. The summed E-state index contributed by atoms with van der Waals surface area (Å²) in [5.41, 5.74) is 8.10. The molecule has 0 saturated heterocycles. The fourth-order valence-electron chi connectivity index (χ4n) is 2.07. The van der Waals surface area contributed by atoms with Gasteiger partial charge in [0.25, 0.3) is 0 Å². The lowest BCUT2D eigenvalue weighted by Crippen LogP contribution is -2.23. The standard InChI is InChI=1S/C17H18F3N3/c1-2-11-3-5-13(6-4-11)23-17(21)22-8-7-12-9-14(18)16(20)15(19)10-12/h3-6,9-10H,2,7-8H2,1H3,(H3,21,22,23). The second kappa shape index (κ2) is 7.67. The van der Waals surface area contributed by atoms with E-state index in [9.17, 15) is 13.2 Å². The summed E-state index contributed by atoms with van der Waals surface area (Å²) in [7, 11) is 0. The van der Waals surface area contributed by atoms with E-state index in [0.29, 0.717) is 5.56 Å². The quantitative estimate of drug-likeness (QED) is 0.502. The van der Waals surface area contributed by atoms with E-state index >= 15 is 0 Å². The SMILES string of the molecule is CCc1ccc(NC(N)=NCCc2cc(F)c(F)c(F)c2)cc1. The number of nitrogens with one attached hydrogen (secondary N) is 1. The number of hydrogen-bond acceptors (Lipinski definition) is 1. The van der Waals surface area contributed by atoms with Crippen LogP contribution in [-0.4, -0.2) is 12.5 Å². The van der Waals surface area contributed by atoms with Gasteiger partial charge in [0.2, 0.25) is 0 Å². The average molecular weight is 321 g/mol. The molecule has 0 radical (unpaired) electrons. The number of rotatable bonds is 5. The molecule has 0 saturated carbocycles. The van der Waals surface area contributed by atoms with E-state index in [1.54, 1.807) is 0 Å². The maximum absolute atomic E-state index is 13.1. The third-order valence-electron chi connectivity index (χ3n) is 3.36. The molecule has 0 aromatic heterocycles. The van der Waals surface area contributed by atoms with E-state index in [1.165, 1.54) is 5.56 Å². The summed E-state index contributed by atoms with van der Waals surface area (Å²) in [4.78, 5) is 4.08. The normalized spacial score (nSPS) is 11.6. The zero-order chi connectivity index (χ0) is 16.8. The van der Waals surface area contributed by atoms with Crippen molar-refractivity contribution < 1.29 is 13.2 Å². The summed E-state index contributed by atoms with van der Waals surface area (Å²) in [5.74, 6) is -3.66. The Morgan fingerprint density at radius 3 is 2.22 bits per heavy atom. The summed E-state index contributed by atoms with van der Waals surface area (Å²) in [6.45, 7) is 2.30. The van der Waals surface area contributed by atoms with E-state index in [0.717, 1.165) is 24.2 Å². The Labute approximate surface area is 133 Å². The number of nitrogens with two attached hydrogens (primary N) is 1. The zero-order valence-electron chi connectivity index (χ0n) is 12.7. The second-order valence-electron chi connectivity index (χ2n) is 5.07. The summed E-state index contributed by atoms with van der Waals surface area (Å²) < 4.78 is 39.0. The molecular formula is C17H18F3N3. The van der Waals surface area contributed by atoms with Gasteiger partial charge in [-0.25, -0.2) is 13.2 Å². The largest absolute Gasteiger partial charge is 0.370 e. The van der Waals surface area contributed by atoms with Crippen LogP contribution in [0.15, 0.2) is 41.4 Å². The highest BCUT2D eigenvalue weighted by Crippen LogP contribution is 2.14. The Morgan fingerprint density at radius 2 is 1.65 bits per heavy atom. The first-order chi connectivity index (χ1) is 11.0. The minimum Gasteiger partial charge on any atom is -0.370 e. The van der Waals surface area contributed by atoms with Gasteiger partial charge in [0, 0.05) is 12.2 Å². The third-order valence-corrected chi connectivity index (χ3v) is 3.36. The molecule has 23 heavy (non-hydrogen) atoms. The highest BCUT2D eigenvalue weighted by molar-refractivity contribution is 5.92. The molecule has 0 aliphatic carbocycles. The third kappa shape index (κ3) is 4.74. The first-order valence-electron chi connectivity index (χ1n) is 7.29. The first kappa shape index (κ1) is 16.9. The van der Waals surface area contributed by atoms with Crippen molar-refractivity contribution in [2.45, 2.75) is 19.8 Å². The molecule has 0 atom stereocenters. The topological polar surface area (TPSA) is 50.4 Å². The maximum atomic E-state index is 13.1. The van der Waals surface area contributed by atoms with Gasteiger partial charge in [-0.05, 0) is 48.2 Å². The van der Waals surface area contributed by atoms with Crippen molar-refractivity contribution in [3.05, 3.63) is 65.0 Å². The molecule has 3 N–H and O–H groups in total. The van der Waals surface area contributed by atoms with Gasteiger partial charge in [0.15, 0.2) is 23.4 Å². The predicted molar refractivity (Wildman–Crippen MR) is 86.0 cm³/mol. The molecule has 0 heterocycles. The molecule has 0 spiro atoms. The van der Waals surface area contributed by atoms with Crippen LogP contribution in [0.25, 0.3) is 0 Å². The van der Waals surface area contributed by atoms with Crippen molar-refractivity contribution in [3.8, 4) is 0 Å². The molecule has 0 bridgehead atoms. The van der Waals surface area contributed by atoms with Crippen LogP contribution < -0.4 is 11.1 Å². The number of benzene rings is 2. The van der Waals surface area contributed by atoms with Crippen molar-refractivity contribution in [2.75, 3.05) is 11.9 Å². The van der Waals surface area contributed by atoms with Crippen molar-refractivity contribution in [1.82, 2.24) is 0 Å². The van der Waals surface area contributed by atoms with Gasteiger partial charge >= 0.3 is 0 Å². The number of anilines is 1. The van der Waals surface area contributed by atoms with Gasteiger partial charge in [0.05, 0.1) is 0 Å². The lowest BCUT2D eigenvalue weighted by Gasteiger charge is -2.07. The predicted octanol–water partition coefficient (Wildman–Crippen LogP) is 3.64. The maximum Gasteiger partial charge on any atom is 0.194 e. The highest BCUT2D eigenvalue weighted by atomic mass is 19.2. The number of nitrogens with zero attached hydrogens (tertiary/aromatic N) is 1. The van der Waals surface area contributed by atoms with Gasteiger partial charge in [-0.2, -0.15) is 0 Å². The van der Waals surface area contributed by atoms with E-state index < -0.39 is 17.5 Å². The molecule has 2 aromatic carbocycles. The van der Waals surface area contributed by atoms with Crippen LogP contribution in [0.4, 0.5) is 18.9 Å². The van der Waals surface area contributed by atoms with Crippen molar-refractivity contribution in [3.63, 3.8) is 0 Å². The van der Waals surface area contributed by atoms with Crippen LogP contribution in [0.1, 0.15) is 18.1 Å². The number of aliphatic imine (C=N–C) groups is 1. The van der Waals surface area contributed by atoms with E-state index in [-0.39, 0.29) is 18.9 Å². The van der Waals surface area contributed by atoms with Crippen molar-refractivity contribution in [1.29, 1.82) is 0 Å². The molecule has 122 valence electrons. The molecule has 0 aliphatic heterocycles. The fraction of sp³-hybridized carbons (Fsp3) is 0.235. The molecule has 0 unspecified atom stereocenters. The average Bonchev–Trinajstić information content (AvgIpc) is 2.53. The van der Waals surface area contributed by atoms with Crippen molar-refractivity contribution in [2.24, 2.45) is 10.7 Å². The van der Waals surface area contributed by atoms with Gasteiger partial charge in [-0.1, -0.05) is 19.1 Å². The minimum absolute atomic E-state index is 0.206. The van der Waals surface area contributed by atoms with Gasteiger partial charge < -0.3 is 11.1 Å². The van der Waals surface area contributed by atoms with E-state index in [1.807, 2.05) is 24.3 Å². The summed E-state index contributed by atoms with van der Waals surface area (Å²) in [6.07, 6.45) is 1.21. The number of guanidine groups is 1. The van der Waals surface area contributed by atoms with Gasteiger partial charge in [-0.15, -0.1) is 0 Å². The molecule has 0 amide bonds. The molecule has 3 nitrogen and oxygen atoms in total. The van der Waals surface area contributed by atoms with Crippen LogP contribution in [0.3, 0.4) is 0 Å². The van der Waals surface area contributed by atoms with Crippen LogP contribution in [0, 0.1) is 17.5 Å². The number of hydrogen-bond donors (Lipinski definition) is 2. The molecule has 0 aliphatic rings. The monoisotopic (exact) mass is 321 g/mol. The molecular weight excluding hydrogens is 303 g/mol. The zero-order valence-corrected chi connectivity index (χ0v) is 12.7. The number of aryl methyl sites for hydroxylation is 1. The molecule has 2 aromatic rings. The molecule has 2 rings (SSSR count). The fourth-order valence-corrected chi connectivity index (χ4v) is 2.07. The molecule has 6 heteroatoms. The van der Waals surface area contributed by atoms with Crippen LogP contribution in [0.2, 0.25) is 0 Å². The van der Waals surface area contributed by atoms with E-state index in [2.05, 4.69) is 17.2 Å². The lowest BCUT2D eigenvalue weighted by molar-refractivity contribution is 0.445. The Morgan fingerprint density at radius 1 is 1.04 bits per heavy atom. The Kier molecular flexibility index (Phi) is 5.62. The van der Waals surface area contributed by atoms with E-state index in [4.69, 9.17) is 5.73 Å². The minimum atomic E-state index is -1.46. The first-order valence-corrected chi connectivity index (χ1v) is 7.29. The number of halogens is 3. The Bertz CT molecular complexity index is 674. The van der Waals surface area contributed by atoms with Crippen LogP contribution in [0.5, 0.6) is 0 Å². The lowest BCUT2D eigenvalue weighted by atomic mass is 10.1. The van der Waals surface area contributed by atoms with Gasteiger partial charge in [0.1, 0.15) is 0 Å². The van der Waals surface area contributed by atoms with Gasteiger partial charge in [-0.3, -0.25) is 4.99 Å². The van der Waals surface area contributed by atoms with Crippen LogP contribution in [-0.2, 0) is 12.8 Å². The van der Waals surface area contributed by atoms with Crippen molar-refractivity contribution >= 4 is 11.6 Å². The second-order valence-corrected chi connectivity index (χ2v) is 5.07.